The van der Waals surface area contributed by atoms with Gasteiger partial charge in [0.25, 0.3) is 5.56 Å². The average molecular weight is 204 g/mol. The van der Waals surface area contributed by atoms with Gasteiger partial charge < -0.3 is 5.11 Å². The van der Waals surface area contributed by atoms with Crippen LogP contribution in [0.2, 0.25) is 0 Å². The van der Waals surface area contributed by atoms with Crippen molar-refractivity contribution < 1.29 is 5.11 Å². The van der Waals surface area contributed by atoms with Gasteiger partial charge in [-0.2, -0.15) is 0 Å². The lowest BCUT2D eigenvalue weighted by atomic mass is 10.2. The number of para-hydroxylation sites is 1. The van der Waals surface area contributed by atoms with Crippen LogP contribution in [0.15, 0.2) is 35.4 Å². The molecule has 1 heterocycles. The summed E-state index contributed by atoms with van der Waals surface area (Å²) in [7, 11) is 0. The van der Waals surface area contributed by atoms with Crippen molar-refractivity contribution in [1.82, 2.24) is 9.55 Å². The Morgan fingerprint density at radius 2 is 2.13 bits per heavy atom. The predicted octanol–water partition coefficient (Wildman–Crippen LogP) is 0.779. The minimum atomic E-state index is -0.0472. The summed E-state index contributed by atoms with van der Waals surface area (Å²) in [6.45, 7) is 0.590. The van der Waals surface area contributed by atoms with E-state index in [0.29, 0.717) is 23.9 Å². The average Bonchev–Trinajstić information content (AvgIpc) is 2.29. The number of benzene rings is 1. The first-order valence-electron chi connectivity index (χ1n) is 4.88. The van der Waals surface area contributed by atoms with Gasteiger partial charge in [0.05, 0.1) is 17.2 Å². The van der Waals surface area contributed by atoms with Crippen LogP contribution in [0.1, 0.15) is 6.42 Å². The first-order valence-corrected chi connectivity index (χ1v) is 4.88. The summed E-state index contributed by atoms with van der Waals surface area (Å²) < 4.78 is 1.53. The molecule has 1 N–H and O–H groups in total. The molecule has 0 aliphatic heterocycles. The van der Waals surface area contributed by atoms with E-state index in [-0.39, 0.29) is 12.2 Å². The van der Waals surface area contributed by atoms with Crippen LogP contribution >= 0.6 is 0 Å². The second kappa shape index (κ2) is 4.23. The third-order valence-corrected chi connectivity index (χ3v) is 2.29. The van der Waals surface area contributed by atoms with Gasteiger partial charge in [0.1, 0.15) is 0 Å². The van der Waals surface area contributed by atoms with Crippen molar-refractivity contribution in [1.29, 1.82) is 0 Å². The Balaban J connectivity index is 2.51. The minimum absolute atomic E-state index is 0.0472. The number of hydrogen-bond acceptors (Lipinski definition) is 3. The number of aromatic nitrogens is 2. The molecule has 4 heteroatoms. The Kier molecular flexibility index (Phi) is 2.78. The van der Waals surface area contributed by atoms with Gasteiger partial charge in [-0.15, -0.1) is 0 Å². The molecule has 1 aromatic heterocycles. The zero-order valence-corrected chi connectivity index (χ0v) is 8.26. The van der Waals surface area contributed by atoms with Crippen molar-refractivity contribution in [2.45, 2.75) is 13.0 Å². The Bertz CT molecular complexity index is 519. The Labute approximate surface area is 86.8 Å². The van der Waals surface area contributed by atoms with E-state index in [2.05, 4.69) is 4.98 Å². The molecule has 15 heavy (non-hydrogen) atoms. The molecule has 4 nitrogen and oxygen atoms in total. The molecule has 2 aromatic rings. The number of fused-ring (bicyclic) bond motifs is 1. The van der Waals surface area contributed by atoms with Gasteiger partial charge in [-0.3, -0.25) is 9.36 Å². The number of hydrogen-bond donors (Lipinski definition) is 1. The van der Waals surface area contributed by atoms with Gasteiger partial charge in [-0.25, -0.2) is 4.98 Å². The topological polar surface area (TPSA) is 55.1 Å². The summed E-state index contributed by atoms with van der Waals surface area (Å²) in [6.07, 6.45) is 2.10. The van der Waals surface area contributed by atoms with E-state index in [9.17, 15) is 4.79 Å². The molecule has 78 valence electrons. The molecule has 0 saturated carbocycles. The summed E-state index contributed by atoms with van der Waals surface area (Å²) >= 11 is 0. The molecule has 0 atom stereocenters. The number of rotatable bonds is 3. The van der Waals surface area contributed by atoms with E-state index >= 15 is 0 Å². The molecule has 0 spiro atoms. The van der Waals surface area contributed by atoms with Crippen LogP contribution in [0.5, 0.6) is 0 Å². The van der Waals surface area contributed by atoms with E-state index in [1.807, 2.05) is 18.2 Å². The molecule has 0 unspecified atom stereocenters. The lowest BCUT2D eigenvalue weighted by molar-refractivity contribution is 0.279. The minimum Gasteiger partial charge on any atom is -0.396 e. The smallest absolute Gasteiger partial charge is 0.261 e. The first-order chi connectivity index (χ1) is 7.33. The van der Waals surface area contributed by atoms with Gasteiger partial charge in [-0.1, -0.05) is 12.1 Å². The van der Waals surface area contributed by atoms with Crippen molar-refractivity contribution in [2.24, 2.45) is 0 Å². The zero-order valence-electron chi connectivity index (χ0n) is 8.26. The van der Waals surface area contributed by atoms with Gasteiger partial charge in [0.2, 0.25) is 0 Å². The summed E-state index contributed by atoms with van der Waals surface area (Å²) in [6, 6.07) is 7.25. The SMILES string of the molecule is O=c1c2ccccc2ncn1CCCO. The molecule has 1 aromatic carbocycles. The Hall–Kier alpha value is -1.68. The van der Waals surface area contributed by atoms with Crippen LogP contribution in [0.25, 0.3) is 10.9 Å². The zero-order chi connectivity index (χ0) is 10.7. The molecular weight excluding hydrogens is 192 g/mol. The summed E-state index contributed by atoms with van der Waals surface area (Å²) in [5.74, 6) is 0. The van der Waals surface area contributed by atoms with Crippen molar-refractivity contribution >= 4 is 10.9 Å². The maximum Gasteiger partial charge on any atom is 0.261 e. The van der Waals surface area contributed by atoms with Gasteiger partial charge in [-0.05, 0) is 18.6 Å². The normalized spacial score (nSPS) is 10.7. The maximum atomic E-state index is 11.9. The van der Waals surface area contributed by atoms with Crippen molar-refractivity contribution in [3.05, 3.63) is 40.9 Å². The second-order valence-electron chi connectivity index (χ2n) is 3.34. The quantitative estimate of drug-likeness (QED) is 0.803. The van der Waals surface area contributed by atoms with Crippen LogP contribution in [0.3, 0.4) is 0 Å². The molecule has 0 radical (unpaired) electrons. The second-order valence-corrected chi connectivity index (χ2v) is 3.34. The fourth-order valence-electron chi connectivity index (χ4n) is 1.51. The Morgan fingerprint density at radius 3 is 2.93 bits per heavy atom. The largest absolute Gasteiger partial charge is 0.396 e. The van der Waals surface area contributed by atoms with Crippen molar-refractivity contribution in [3.63, 3.8) is 0 Å². The number of aryl methyl sites for hydroxylation is 1. The summed E-state index contributed by atoms with van der Waals surface area (Å²) in [5.41, 5.74) is 0.664. The fourth-order valence-corrected chi connectivity index (χ4v) is 1.51. The molecule has 2 rings (SSSR count). The number of aliphatic hydroxyl groups excluding tert-OH is 1. The molecule has 0 aliphatic carbocycles. The molecule has 0 saturated heterocycles. The van der Waals surface area contributed by atoms with Gasteiger partial charge in [0.15, 0.2) is 0 Å². The first kappa shape index (κ1) is 9.86. The highest BCUT2D eigenvalue weighted by atomic mass is 16.3. The van der Waals surface area contributed by atoms with Crippen LogP contribution < -0.4 is 5.56 Å². The monoisotopic (exact) mass is 204 g/mol. The van der Waals surface area contributed by atoms with E-state index in [4.69, 9.17) is 5.11 Å². The summed E-state index contributed by atoms with van der Waals surface area (Å²) in [4.78, 5) is 16.1. The molecular formula is C11H12N2O2. The van der Waals surface area contributed by atoms with Gasteiger partial charge in [0, 0.05) is 13.2 Å². The van der Waals surface area contributed by atoms with E-state index in [1.165, 1.54) is 10.9 Å². The van der Waals surface area contributed by atoms with E-state index in [1.54, 1.807) is 6.07 Å². The highest BCUT2D eigenvalue weighted by Gasteiger charge is 2.01. The number of nitrogens with zero attached hydrogens (tertiary/aromatic N) is 2. The predicted molar refractivity (Wildman–Crippen MR) is 57.7 cm³/mol. The highest BCUT2D eigenvalue weighted by molar-refractivity contribution is 5.76. The molecule has 0 fully saturated rings. The van der Waals surface area contributed by atoms with Gasteiger partial charge >= 0.3 is 0 Å². The third-order valence-electron chi connectivity index (χ3n) is 2.29. The number of aliphatic hydroxyl groups is 1. The summed E-state index contributed by atoms with van der Waals surface area (Å²) in [5, 5.41) is 9.32. The lowest BCUT2D eigenvalue weighted by Gasteiger charge is -2.04. The molecule has 0 bridgehead atoms. The molecule has 0 aliphatic rings. The maximum absolute atomic E-state index is 11.9. The van der Waals surface area contributed by atoms with E-state index < -0.39 is 0 Å². The van der Waals surface area contributed by atoms with Crippen molar-refractivity contribution in [3.8, 4) is 0 Å². The van der Waals surface area contributed by atoms with Crippen LogP contribution in [-0.4, -0.2) is 21.3 Å². The van der Waals surface area contributed by atoms with E-state index in [0.717, 1.165) is 0 Å². The molecule has 0 amide bonds. The van der Waals surface area contributed by atoms with Crippen molar-refractivity contribution in [2.75, 3.05) is 6.61 Å². The standard InChI is InChI=1S/C11H12N2O2/c14-7-3-6-13-8-12-10-5-2-1-4-9(10)11(13)15/h1-2,4-5,8,14H,3,6-7H2. The van der Waals surface area contributed by atoms with Crippen LogP contribution in [0, 0.1) is 0 Å². The fraction of sp³-hybridized carbons (Fsp3) is 0.273. The lowest BCUT2D eigenvalue weighted by Crippen LogP contribution is -2.21. The highest BCUT2D eigenvalue weighted by Crippen LogP contribution is 2.04. The Morgan fingerprint density at radius 1 is 1.33 bits per heavy atom. The third kappa shape index (κ3) is 1.89. The van der Waals surface area contributed by atoms with Crippen LogP contribution in [0.4, 0.5) is 0 Å². The van der Waals surface area contributed by atoms with Crippen LogP contribution in [-0.2, 0) is 6.54 Å².